The number of nitrogens with zero attached hydrogens (tertiary/aromatic N) is 1. The van der Waals surface area contributed by atoms with E-state index >= 15 is 0 Å². The van der Waals surface area contributed by atoms with Gasteiger partial charge in [0, 0.05) is 25.2 Å². The van der Waals surface area contributed by atoms with Crippen LogP contribution in [0.1, 0.15) is 19.3 Å². The van der Waals surface area contributed by atoms with Crippen molar-refractivity contribution in [2.45, 2.75) is 19.3 Å². The van der Waals surface area contributed by atoms with Gasteiger partial charge in [-0.2, -0.15) is 0 Å². The first-order valence-electron chi connectivity index (χ1n) is 5.69. The predicted octanol–water partition coefficient (Wildman–Crippen LogP) is 2.38. The van der Waals surface area contributed by atoms with Crippen molar-refractivity contribution in [1.29, 1.82) is 0 Å². The number of rotatable bonds is 7. The number of hydrogen-bond donors (Lipinski definition) is 1. The lowest BCUT2D eigenvalue weighted by molar-refractivity contribution is -0.136. The number of terminal acetylenes is 1. The average molecular weight is 231 g/mol. The van der Waals surface area contributed by atoms with Crippen LogP contribution in [0.2, 0.25) is 0 Å². The van der Waals surface area contributed by atoms with Gasteiger partial charge in [0.05, 0.1) is 6.42 Å². The third kappa shape index (κ3) is 5.07. The van der Waals surface area contributed by atoms with E-state index in [2.05, 4.69) is 10.8 Å². The van der Waals surface area contributed by atoms with Crippen LogP contribution in [-0.4, -0.2) is 24.2 Å². The first-order chi connectivity index (χ1) is 8.24. The zero-order chi connectivity index (χ0) is 12.5. The molecular weight excluding hydrogens is 214 g/mol. The van der Waals surface area contributed by atoms with E-state index in [1.807, 2.05) is 30.3 Å². The van der Waals surface area contributed by atoms with Crippen LogP contribution in [0.4, 0.5) is 5.69 Å². The second-order valence-electron chi connectivity index (χ2n) is 3.77. The number of hydrogen-bond acceptors (Lipinski definition) is 2. The van der Waals surface area contributed by atoms with Gasteiger partial charge in [0.2, 0.25) is 0 Å². The number of para-hydroxylation sites is 1. The van der Waals surface area contributed by atoms with Gasteiger partial charge in [0.1, 0.15) is 0 Å². The molecule has 0 fully saturated rings. The molecule has 1 aromatic carbocycles. The Kier molecular flexibility index (Phi) is 5.67. The summed E-state index contributed by atoms with van der Waals surface area (Å²) in [6, 6.07) is 9.81. The molecule has 0 aliphatic rings. The number of carbonyl (C=O) groups is 1. The minimum absolute atomic E-state index is 0.144. The molecule has 17 heavy (non-hydrogen) atoms. The van der Waals surface area contributed by atoms with Crippen LogP contribution < -0.4 is 4.90 Å². The molecule has 1 rings (SSSR count). The van der Waals surface area contributed by atoms with Gasteiger partial charge in [-0.3, -0.25) is 4.79 Å². The summed E-state index contributed by atoms with van der Waals surface area (Å²) in [5.74, 6) is 1.82. The zero-order valence-electron chi connectivity index (χ0n) is 9.80. The maximum absolute atomic E-state index is 10.6. The second-order valence-corrected chi connectivity index (χ2v) is 3.77. The molecule has 3 heteroatoms. The van der Waals surface area contributed by atoms with Crippen LogP contribution in [0.3, 0.4) is 0 Å². The Bertz CT molecular complexity index is 381. The van der Waals surface area contributed by atoms with Crippen LogP contribution in [0.25, 0.3) is 0 Å². The Morgan fingerprint density at radius 1 is 1.29 bits per heavy atom. The van der Waals surface area contributed by atoms with Crippen molar-refractivity contribution in [3.05, 3.63) is 30.3 Å². The predicted molar refractivity (Wildman–Crippen MR) is 69.0 cm³/mol. The number of anilines is 1. The van der Waals surface area contributed by atoms with Crippen LogP contribution >= 0.6 is 0 Å². The summed E-state index contributed by atoms with van der Waals surface area (Å²) in [5.41, 5.74) is 1.05. The van der Waals surface area contributed by atoms with Crippen LogP contribution in [-0.2, 0) is 4.79 Å². The summed E-state index contributed by atoms with van der Waals surface area (Å²) in [6.45, 7) is 1.31. The Morgan fingerprint density at radius 3 is 2.59 bits per heavy atom. The second kappa shape index (κ2) is 7.34. The third-order valence-electron chi connectivity index (χ3n) is 2.47. The largest absolute Gasteiger partial charge is 0.481 e. The Hall–Kier alpha value is -1.95. The number of carboxylic acid groups (broad SMARTS) is 1. The molecule has 1 aromatic rings. The Balaban J connectivity index is 2.59. The standard InChI is InChI=1S/C14H17NO2/c1-2-3-7-11-15(12-10-14(16)17)13-8-5-4-6-9-13/h1,4-6,8-9H,3,7,10-12H2,(H,16,17). The first kappa shape index (κ1) is 13.1. The number of unbranched alkanes of at least 4 members (excludes halogenated alkanes) is 1. The molecule has 3 nitrogen and oxygen atoms in total. The molecule has 0 amide bonds. The van der Waals surface area contributed by atoms with Gasteiger partial charge < -0.3 is 10.0 Å². The lowest BCUT2D eigenvalue weighted by Gasteiger charge is -2.23. The van der Waals surface area contributed by atoms with Crippen molar-refractivity contribution in [1.82, 2.24) is 0 Å². The SMILES string of the molecule is C#CCCCN(CCC(=O)O)c1ccccc1. The molecule has 0 aliphatic heterocycles. The van der Waals surface area contributed by atoms with Crippen molar-refractivity contribution < 1.29 is 9.90 Å². The third-order valence-corrected chi connectivity index (χ3v) is 2.47. The maximum atomic E-state index is 10.6. The fourth-order valence-electron chi connectivity index (χ4n) is 1.61. The van der Waals surface area contributed by atoms with Gasteiger partial charge in [-0.25, -0.2) is 0 Å². The molecule has 1 N–H and O–H groups in total. The molecule has 0 aromatic heterocycles. The summed E-state index contributed by atoms with van der Waals surface area (Å²) < 4.78 is 0. The molecule has 90 valence electrons. The summed E-state index contributed by atoms with van der Waals surface area (Å²) in [7, 11) is 0. The normalized spacial score (nSPS) is 9.59. The van der Waals surface area contributed by atoms with Gasteiger partial charge in [-0.1, -0.05) is 18.2 Å². The van der Waals surface area contributed by atoms with Gasteiger partial charge in [0.25, 0.3) is 0 Å². The van der Waals surface area contributed by atoms with Crippen molar-refractivity contribution in [3.63, 3.8) is 0 Å². The van der Waals surface area contributed by atoms with Crippen molar-refractivity contribution in [3.8, 4) is 12.3 Å². The van der Waals surface area contributed by atoms with E-state index in [4.69, 9.17) is 11.5 Å². The van der Waals surface area contributed by atoms with E-state index in [1.165, 1.54) is 0 Å². The van der Waals surface area contributed by atoms with Crippen molar-refractivity contribution >= 4 is 11.7 Å². The van der Waals surface area contributed by atoms with Gasteiger partial charge in [0.15, 0.2) is 0 Å². The van der Waals surface area contributed by atoms with E-state index in [1.54, 1.807) is 0 Å². The Labute approximate surface area is 102 Å². The molecule has 0 saturated carbocycles. The molecule has 0 radical (unpaired) electrons. The molecular formula is C14H17NO2. The highest BCUT2D eigenvalue weighted by Crippen LogP contribution is 2.14. The quantitative estimate of drug-likeness (QED) is 0.578. The molecule has 0 unspecified atom stereocenters. The summed E-state index contributed by atoms with van der Waals surface area (Å²) in [5, 5.41) is 8.72. The summed E-state index contributed by atoms with van der Waals surface area (Å²) >= 11 is 0. The number of benzene rings is 1. The molecule has 0 atom stereocenters. The Morgan fingerprint density at radius 2 is 2.00 bits per heavy atom. The van der Waals surface area contributed by atoms with E-state index < -0.39 is 5.97 Å². The highest BCUT2D eigenvalue weighted by atomic mass is 16.4. The minimum atomic E-state index is -0.775. The van der Waals surface area contributed by atoms with Crippen molar-refractivity contribution in [2.24, 2.45) is 0 Å². The first-order valence-corrected chi connectivity index (χ1v) is 5.69. The summed E-state index contributed by atoms with van der Waals surface area (Å²) in [6.07, 6.45) is 6.96. The fraction of sp³-hybridized carbons (Fsp3) is 0.357. The van der Waals surface area contributed by atoms with Gasteiger partial charge >= 0.3 is 5.97 Å². The fourth-order valence-corrected chi connectivity index (χ4v) is 1.61. The average Bonchev–Trinajstić information content (AvgIpc) is 2.34. The lowest BCUT2D eigenvalue weighted by atomic mass is 10.2. The summed E-state index contributed by atoms with van der Waals surface area (Å²) in [4.78, 5) is 12.7. The zero-order valence-corrected chi connectivity index (χ0v) is 9.80. The van der Waals surface area contributed by atoms with Crippen molar-refractivity contribution in [2.75, 3.05) is 18.0 Å². The topological polar surface area (TPSA) is 40.5 Å². The minimum Gasteiger partial charge on any atom is -0.481 e. The smallest absolute Gasteiger partial charge is 0.305 e. The van der Waals surface area contributed by atoms with E-state index in [0.29, 0.717) is 6.54 Å². The molecule has 0 aliphatic carbocycles. The highest BCUT2D eigenvalue weighted by molar-refractivity contribution is 5.67. The molecule has 0 spiro atoms. The van der Waals surface area contributed by atoms with Gasteiger partial charge in [-0.15, -0.1) is 12.3 Å². The number of carboxylic acids is 1. The van der Waals surface area contributed by atoms with E-state index in [-0.39, 0.29) is 6.42 Å². The van der Waals surface area contributed by atoms with Gasteiger partial charge in [-0.05, 0) is 18.6 Å². The van der Waals surface area contributed by atoms with E-state index in [0.717, 1.165) is 25.1 Å². The highest BCUT2D eigenvalue weighted by Gasteiger charge is 2.07. The molecule has 0 bridgehead atoms. The molecule has 0 heterocycles. The lowest BCUT2D eigenvalue weighted by Crippen LogP contribution is -2.27. The number of aliphatic carboxylic acids is 1. The van der Waals surface area contributed by atoms with Crippen LogP contribution in [0.5, 0.6) is 0 Å². The maximum Gasteiger partial charge on any atom is 0.305 e. The monoisotopic (exact) mass is 231 g/mol. The van der Waals surface area contributed by atoms with Crippen LogP contribution in [0.15, 0.2) is 30.3 Å². The molecule has 0 saturated heterocycles. The van der Waals surface area contributed by atoms with Crippen LogP contribution in [0, 0.1) is 12.3 Å². The van der Waals surface area contributed by atoms with E-state index in [9.17, 15) is 4.79 Å².